The van der Waals surface area contributed by atoms with Gasteiger partial charge in [0.05, 0.1) is 12.6 Å². The van der Waals surface area contributed by atoms with Crippen molar-refractivity contribution in [2.24, 2.45) is 5.92 Å². The predicted molar refractivity (Wildman–Crippen MR) is 122 cm³/mol. The molecular formula is C25H33NO6. The largest absolute Gasteiger partial charge is 0.481 e. The number of rotatable bonds is 9. The maximum absolute atomic E-state index is 11.9. The zero-order valence-electron chi connectivity index (χ0n) is 19.7. The van der Waals surface area contributed by atoms with Crippen molar-refractivity contribution in [1.29, 1.82) is 0 Å². The molecule has 0 radical (unpaired) electrons. The minimum Gasteiger partial charge on any atom is -0.481 e. The van der Waals surface area contributed by atoms with Crippen LogP contribution in [0.15, 0.2) is 24.3 Å². The first-order valence-electron chi connectivity index (χ1n) is 10.5. The summed E-state index contributed by atoms with van der Waals surface area (Å²) in [6.45, 7) is 11.8. The first-order chi connectivity index (χ1) is 15.1. The smallest absolute Gasteiger partial charge is 0.408 e. The number of nitrogens with one attached hydrogen (secondary N) is 1. The predicted octanol–water partition coefficient (Wildman–Crippen LogP) is 3.87. The van der Waals surface area contributed by atoms with E-state index in [0.717, 1.165) is 5.56 Å². The fraction of sp³-hybridized carbons (Fsp3) is 0.520. The molecule has 174 valence electrons. The lowest BCUT2D eigenvalue weighted by atomic mass is 10.1. The minimum absolute atomic E-state index is 0.100. The summed E-state index contributed by atoms with van der Waals surface area (Å²) in [6.07, 6.45) is -0.460. The molecule has 1 rings (SSSR count). The molecule has 1 atom stereocenters. The van der Waals surface area contributed by atoms with Crippen molar-refractivity contribution in [3.8, 4) is 29.4 Å². The quantitative estimate of drug-likeness (QED) is 0.354. The third-order valence-electron chi connectivity index (χ3n) is 3.64. The molecule has 0 aliphatic heterocycles. The lowest BCUT2D eigenvalue weighted by molar-refractivity contribution is -0.149. The minimum atomic E-state index is -0.541. The van der Waals surface area contributed by atoms with Crippen LogP contribution >= 0.6 is 0 Å². The Hall–Kier alpha value is -3.16. The topological polar surface area (TPSA) is 83.1 Å². The van der Waals surface area contributed by atoms with Crippen LogP contribution in [0, 0.1) is 29.6 Å². The molecule has 32 heavy (non-hydrogen) atoms. The Morgan fingerprint density at radius 1 is 1.00 bits per heavy atom. The van der Waals surface area contributed by atoms with E-state index < -0.39 is 17.7 Å². The molecule has 0 saturated heterocycles. The number of amides is 1. The first kappa shape index (κ1) is 26.9. The fourth-order valence-electron chi connectivity index (χ4n) is 2.19. The zero-order valence-corrected chi connectivity index (χ0v) is 19.7. The highest BCUT2D eigenvalue weighted by Gasteiger charge is 2.18. The standard InChI is InChI=1S/C25H33NO6/c1-19(2)17-31-23(27)18-29-15-9-7-8-10-16-30-22-13-11-21(12-14-22)20(3)26-24(28)32-25(4,5)6/h11-14,19-20H,15-18H2,1-6H3,(H,26,28)/t20-/m1/s1. The van der Waals surface area contributed by atoms with Crippen molar-refractivity contribution >= 4 is 12.1 Å². The molecule has 0 aliphatic rings. The monoisotopic (exact) mass is 443 g/mol. The highest BCUT2D eigenvalue weighted by atomic mass is 16.6. The van der Waals surface area contributed by atoms with Crippen molar-refractivity contribution in [2.45, 2.75) is 53.2 Å². The fourth-order valence-corrected chi connectivity index (χ4v) is 2.19. The molecule has 0 spiro atoms. The summed E-state index contributed by atoms with van der Waals surface area (Å²) in [7, 11) is 0. The Kier molecular flexibility index (Phi) is 11.8. The van der Waals surface area contributed by atoms with E-state index in [1.54, 1.807) is 0 Å². The van der Waals surface area contributed by atoms with E-state index >= 15 is 0 Å². The van der Waals surface area contributed by atoms with E-state index in [-0.39, 0.29) is 25.9 Å². The Balaban J connectivity index is 2.30. The van der Waals surface area contributed by atoms with Crippen molar-refractivity contribution in [1.82, 2.24) is 5.32 Å². The molecule has 0 bridgehead atoms. The van der Waals surface area contributed by atoms with Crippen LogP contribution in [0.25, 0.3) is 0 Å². The Bertz CT molecular complexity index is 847. The normalized spacial score (nSPS) is 11.3. The second-order valence-corrected chi connectivity index (χ2v) is 8.40. The summed E-state index contributed by atoms with van der Waals surface area (Å²) in [5.74, 6) is 11.3. The third-order valence-corrected chi connectivity index (χ3v) is 3.64. The molecule has 0 fully saturated rings. The molecule has 0 saturated carbocycles. The molecule has 0 aliphatic carbocycles. The molecule has 0 unspecified atom stereocenters. The molecule has 0 aromatic heterocycles. The molecular weight excluding hydrogens is 410 g/mol. The number of benzene rings is 1. The number of carbonyl (C=O) groups is 2. The third kappa shape index (κ3) is 13.2. The van der Waals surface area contributed by atoms with E-state index in [9.17, 15) is 9.59 Å². The Morgan fingerprint density at radius 2 is 1.62 bits per heavy atom. The maximum atomic E-state index is 11.9. The summed E-state index contributed by atoms with van der Waals surface area (Å²) in [5.41, 5.74) is 0.384. The summed E-state index contributed by atoms with van der Waals surface area (Å²) >= 11 is 0. The molecule has 7 nitrogen and oxygen atoms in total. The van der Waals surface area contributed by atoms with Gasteiger partial charge in [0.25, 0.3) is 0 Å². The number of alkyl carbamates (subject to hydrolysis) is 1. The van der Waals surface area contributed by atoms with Crippen molar-refractivity contribution in [3.05, 3.63) is 29.8 Å². The van der Waals surface area contributed by atoms with Gasteiger partial charge in [-0.2, -0.15) is 0 Å². The van der Waals surface area contributed by atoms with Crippen molar-refractivity contribution in [2.75, 3.05) is 26.4 Å². The maximum Gasteiger partial charge on any atom is 0.408 e. The van der Waals surface area contributed by atoms with Gasteiger partial charge in [-0.25, -0.2) is 9.59 Å². The SMILES string of the molecule is CC(C)COC(=O)COCC#CC#CCOc1ccc([C@@H](C)NC(=O)OC(C)(C)C)cc1. The molecule has 0 heterocycles. The van der Waals surface area contributed by atoms with Gasteiger partial charge in [0.15, 0.2) is 0 Å². The highest BCUT2D eigenvalue weighted by Crippen LogP contribution is 2.18. The molecule has 1 aromatic carbocycles. The van der Waals surface area contributed by atoms with E-state index in [4.69, 9.17) is 18.9 Å². The van der Waals surface area contributed by atoms with Gasteiger partial charge in [-0.15, -0.1) is 0 Å². The van der Waals surface area contributed by atoms with Gasteiger partial charge in [-0.3, -0.25) is 0 Å². The van der Waals surface area contributed by atoms with Crippen LogP contribution < -0.4 is 10.1 Å². The molecule has 7 heteroatoms. The van der Waals surface area contributed by atoms with E-state index in [1.165, 1.54) is 0 Å². The van der Waals surface area contributed by atoms with E-state index in [1.807, 2.05) is 65.8 Å². The number of ether oxygens (including phenoxy) is 4. The van der Waals surface area contributed by atoms with E-state index in [2.05, 4.69) is 29.0 Å². The number of carbonyl (C=O) groups excluding carboxylic acids is 2. The average Bonchev–Trinajstić information content (AvgIpc) is 2.69. The molecule has 1 aromatic rings. The first-order valence-corrected chi connectivity index (χ1v) is 10.5. The van der Waals surface area contributed by atoms with Crippen LogP contribution in [0.4, 0.5) is 4.79 Å². The summed E-state index contributed by atoms with van der Waals surface area (Å²) in [6, 6.07) is 7.15. The van der Waals surface area contributed by atoms with Gasteiger partial charge in [-0.05, 0) is 69.1 Å². The summed E-state index contributed by atoms with van der Waals surface area (Å²) < 4.78 is 20.9. The average molecular weight is 444 g/mol. The van der Waals surface area contributed by atoms with Gasteiger partial charge in [-0.1, -0.05) is 31.9 Å². The molecule has 1 amide bonds. The van der Waals surface area contributed by atoms with Gasteiger partial charge < -0.3 is 24.3 Å². The van der Waals surface area contributed by atoms with Crippen molar-refractivity contribution < 1.29 is 28.5 Å². The second-order valence-electron chi connectivity index (χ2n) is 8.40. The van der Waals surface area contributed by atoms with Crippen LogP contribution in [0.3, 0.4) is 0 Å². The van der Waals surface area contributed by atoms with Crippen LogP contribution in [-0.4, -0.2) is 44.1 Å². The summed E-state index contributed by atoms with van der Waals surface area (Å²) in [5, 5.41) is 2.79. The van der Waals surface area contributed by atoms with Gasteiger partial charge >= 0.3 is 12.1 Å². The van der Waals surface area contributed by atoms with Gasteiger partial charge in [0.1, 0.15) is 31.2 Å². The van der Waals surface area contributed by atoms with Gasteiger partial charge in [0, 0.05) is 0 Å². The Labute approximate surface area is 191 Å². The summed E-state index contributed by atoms with van der Waals surface area (Å²) in [4.78, 5) is 23.2. The lowest BCUT2D eigenvalue weighted by Gasteiger charge is -2.22. The highest BCUT2D eigenvalue weighted by molar-refractivity contribution is 5.70. The van der Waals surface area contributed by atoms with Gasteiger partial charge in [0.2, 0.25) is 0 Å². The Morgan fingerprint density at radius 3 is 2.22 bits per heavy atom. The number of esters is 1. The van der Waals surface area contributed by atoms with Crippen LogP contribution in [-0.2, 0) is 19.0 Å². The zero-order chi connectivity index (χ0) is 24.0. The lowest BCUT2D eigenvalue weighted by Crippen LogP contribution is -2.34. The number of hydrogen-bond donors (Lipinski definition) is 1. The molecule has 1 N–H and O–H groups in total. The second kappa shape index (κ2) is 14.0. The van der Waals surface area contributed by atoms with Crippen LogP contribution in [0.1, 0.15) is 53.1 Å². The van der Waals surface area contributed by atoms with Crippen molar-refractivity contribution in [3.63, 3.8) is 0 Å². The van der Waals surface area contributed by atoms with Crippen LogP contribution in [0.2, 0.25) is 0 Å². The van der Waals surface area contributed by atoms with Crippen LogP contribution in [0.5, 0.6) is 5.75 Å². The number of hydrogen-bond acceptors (Lipinski definition) is 6. The van der Waals surface area contributed by atoms with E-state index in [0.29, 0.717) is 18.3 Å².